The van der Waals surface area contributed by atoms with Crippen molar-refractivity contribution in [2.45, 2.75) is 51.7 Å². The molecule has 0 heterocycles. The molecule has 3 rings (SSSR count). The molecule has 0 aliphatic heterocycles. The summed E-state index contributed by atoms with van der Waals surface area (Å²) in [5.74, 6) is 1.26. The van der Waals surface area contributed by atoms with Crippen LogP contribution in [-0.2, 0) is 4.79 Å². The van der Waals surface area contributed by atoms with Gasteiger partial charge in [-0.05, 0) is 87.6 Å². The van der Waals surface area contributed by atoms with Gasteiger partial charge in [-0.3, -0.25) is 4.79 Å². The van der Waals surface area contributed by atoms with E-state index in [4.69, 9.17) is 21.1 Å². The van der Waals surface area contributed by atoms with E-state index in [-0.39, 0.29) is 5.91 Å². The van der Waals surface area contributed by atoms with Crippen molar-refractivity contribution >= 4 is 23.2 Å². The highest BCUT2D eigenvalue weighted by molar-refractivity contribution is 6.31. The Balaban J connectivity index is 1.53. The number of anilines is 1. The van der Waals surface area contributed by atoms with E-state index in [1.807, 2.05) is 37.3 Å². The minimum absolute atomic E-state index is 0.206. The number of benzene rings is 2. The lowest BCUT2D eigenvalue weighted by molar-refractivity contribution is -0.122. The Morgan fingerprint density at radius 3 is 2.42 bits per heavy atom. The maximum absolute atomic E-state index is 12.3. The van der Waals surface area contributed by atoms with Crippen molar-refractivity contribution in [1.29, 1.82) is 0 Å². The Morgan fingerprint density at radius 1 is 1.12 bits per heavy atom. The number of nitrogens with one attached hydrogen (secondary N) is 1. The predicted octanol–water partition coefficient (Wildman–Crippen LogP) is 5.38. The molecule has 2 aromatic carbocycles. The van der Waals surface area contributed by atoms with E-state index in [0.29, 0.717) is 16.9 Å². The molecule has 1 saturated carbocycles. The van der Waals surface area contributed by atoms with Crippen LogP contribution >= 0.6 is 11.6 Å². The Hall–Kier alpha value is -2.20. The molecule has 5 heteroatoms. The number of aryl methyl sites for hydroxylation is 1. The van der Waals surface area contributed by atoms with Crippen molar-refractivity contribution in [1.82, 2.24) is 0 Å². The zero-order chi connectivity index (χ0) is 18.5. The van der Waals surface area contributed by atoms with E-state index >= 15 is 0 Å². The van der Waals surface area contributed by atoms with Gasteiger partial charge in [-0.2, -0.15) is 0 Å². The number of carbonyl (C=O) groups excluding carboxylic acids is 1. The highest BCUT2D eigenvalue weighted by Gasteiger charge is 2.17. The molecule has 1 aliphatic carbocycles. The van der Waals surface area contributed by atoms with Gasteiger partial charge in [0, 0.05) is 10.7 Å². The molecule has 1 amide bonds. The molecule has 1 aliphatic rings. The molecule has 1 fully saturated rings. The second-order valence-corrected chi connectivity index (χ2v) is 7.12. The first-order valence-corrected chi connectivity index (χ1v) is 9.39. The minimum atomic E-state index is -0.620. The fourth-order valence-corrected chi connectivity index (χ4v) is 3.13. The van der Waals surface area contributed by atoms with E-state index in [1.165, 1.54) is 12.8 Å². The molecular weight excluding hydrogens is 350 g/mol. The summed E-state index contributed by atoms with van der Waals surface area (Å²) in [6, 6.07) is 12.8. The molecule has 0 radical (unpaired) electrons. The first-order chi connectivity index (χ1) is 12.5. The third kappa shape index (κ3) is 4.92. The second-order valence-electron chi connectivity index (χ2n) is 6.71. The number of amides is 1. The van der Waals surface area contributed by atoms with Crippen LogP contribution in [0.1, 0.15) is 38.2 Å². The summed E-state index contributed by atoms with van der Waals surface area (Å²) >= 11 is 6.01. The Kier molecular flexibility index (Phi) is 6.04. The summed E-state index contributed by atoms with van der Waals surface area (Å²) in [5, 5.41) is 3.54. The quantitative estimate of drug-likeness (QED) is 0.739. The number of hydrogen-bond acceptors (Lipinski definition) is 3. The lowest BCUT2D eigenvalue weighted by Gasteiger charge is -2.16. The van der Waals surface area contributed by atoms with Crippen molar-refractivity contribution in [3.63, 3.8) is 0 Å². The second kappa shape index (κ2) is 8.45. The van der Waals surface area contributed by atoms with Crippen molar-refractivity contribution in [2.75, 3.05) is 5.32 Å². The molecule has 26 heavy (non-hydrogen) atoms. The average molecular weight is 374 g/mol. The van der Waals surface area contributed by atoms with Crippen molar-refractivity contribution in [3.05, 3.63) is 53.1 Å². The molecule has 0 saturated heterocycles. The van der Waals surface area contributed by atoms with Crippen molar-refractivity contribution in [2.24, 2.45) is 0 Å². The largest absolute Gasteiger partial charge is 0.490 e. The van der Waals surface area contributed by atoms with Crippen LogP contribution in [-0.4, -0.2) is 18.1 Å². The lowest BCUT2D eigenvalue weighted by Crippen LogP contribution is -2.30. The van der Waals surface area contributed by atoms with E-state index in [0.717, 1.165) is 29.8 Å². The lowest BCUT2D eigenvalue weighted by atomic mass is 10.2. The first-order valence-electron chi connectivity index (χ1n) is 9.01. The number of ether oxygens (including phenoxy) is 2. The van der Waals surface area contributed by atoms with Gasteiger partial charge in [0.15, 0.2) is 6.10 Å². The predicted molar refractivity (Wildman–Crippen MR) is 104 cm³/mol. The van der Waals surface area contributed by atoms with Crippen molar-refractivity contribution in [3.8, 4) is 11.5 Å². The molecule has 0 spiro atoms. The minimum Gasteiger partial charge on any atom is -0.490 e. The summed E-state index contributed by atoms with van der Waals surface area (Å²) < 4.78 is 11.6. The van der Waals surface area contributed by atoms with Crippen LogP contribution in [0.4, 0.5) is 5.69 Å². The van der Waals surface area contributed by atoms with Gasteiger partial charge in [-0.1, -0.05) is 11.6 Å². The maximum Gasteiger partial charge on any atom is 0.265 e. The molecule has 1 N–H and O–H groups in total. The van der Waals surface area contributed by atoms with Gasteiger partial charge in [0.25, 0.3) is 5.91 Å². The highest BCUT2D eigenvalue weighted by atomic mass is 35.5. The third-order valence-corrected chi connectivity index (χ3v) is 4.96. The molecule has 1 atom stereocenters. The normalized spacial score (nSPS) is 15.5. The standard InChI is InChI=1S/C21H24ClNO3/c1-14-13-19(11-12-20(14)22)25-15(2)21(24)23-16-7-9-18(10-8-16)26-17-5-3-4-6-17/h7-13,15,17H,3-6H2,1-2H3,(H,23,24). The molecular formula is C21H24ClNO3. The Bertz CT molecular complexity index is 754. The van der Waals surface area contributed by atoms with E-state index in [2.05, 4.69) is 5.32 Å². The summed E-state index contributed by atoms with van der Waals surface area (Å²) in [6.45, 7) is 3.62. The summed E-state index contributed by atoms with van der Waals surface area (Å²) in [4.78, 5) is 12.3. The average Bonchev–Trinajstić information content (AvgIpc) is 3.13. The fourth-order valence-electron chi connectivity index (χ4n) is 3.01. The third-order valence-electron chi connectivity index (χ3n) is 4.54. The van der Waals surface area contributed by atoms with Gasteiger partial charge in [0.1, 0.15) is 11.5 Å². The number of carbonyl (C=O) groups is 1. The molecule has 2 aromatic rings. The van der Waals surface area contributed by atoms with Crippen LogP contribution in [0.5, 0.6) is 11.5 Å². The zero-order valence-electron chi connectivity index (χ0n) is 15.1. The fraction of sp³-hybridized carbons (Fsp3) is 0.381. The van der Waals surface area contributed by atoms with Gasteiger partial charge in [0.05, 0.1) is 6.10 Å². The molecule has 138 valence electrons. The Labute approximate surface area is 159 Å². The molecule has 4 nitrogen and oxygen atoms in total. The van der Waals surface area contributed by atoms with Crippen LogP contribution in [0, 0.1) is 6.92 Å². The van der Waals surface area contributed by atoms with Crippen LogP contribution in [0.2, 0.25) is 5.02 Å². The monoisotopic (exact) mass is 373 g/mol. The van der Waals surface area contributed by atoms with Gasteiger partial charge in [0.2, 0.25) is 0 Å². The molecule has 0 bridgehead atoms. The highest BCUT2D eigenvalue weighted by Crippen LogP contribution is 2.25. The smallest absolute Gasteiger partial charge is 0.265 e. The Morgan fingerprint density at radius 2 is 1.77 bits per heavy atom. The van der Waals surface area contributed by atoms with Gasteiger partial charge >= 0.3 is 0 Å². The first kappa shape index (κ1) is 18.6. The number of rotatable bonds is 6. The summed E-state index contributed by atoms with van der Waals surface area (Å²) in [6.07, 6.45) is 4.43. The van der Waals surface area contributed by atoms with Crippen molar-refractivity contribution < 1.29 is 14.3 Å². The van der Waals surface area contributed by atoms with E-state index in [9.17, 15) is 4.79 Å². The number of halogens is 1. The van der Waals surface area contributed by atoms with Crippen LogP contribution in [0.25, 0.3) is 0 Å². The van der Waals surface area contributed by atoms with Gasteiger partial charge in [-0.25, -0.2) is 0 Å². The van der Waals surface area contributed by atoms with E-state index < -0.39 is 6.10 Å². The zero-order valence-corrected chi connectivity index (χ0v) is 15.9. The van der Waals surface area contributed by atoms with Crippen LogP contribution in [0.15, 0.2) is 42.5 Å². The SMILES string of the molecule is Cc1cc(OC(C)C(=O)Nc2ccc(OC3CCCC3)cc2)ccc1Cl. The molecule has 1 unspecified atom stereocenters. The van der Waals surface area contributed by atoms with Crippen LogP contribution < -0.4 is 14.8 Å². The van der Waals surface area contributed by atoms with E-state index in [1.54, 1.807) is 19.1 Å². The topological polar surface area (TPSA) is 47.6 Å². The summed E-state index contributed by atoms with van der Waals surface area (Å²) in [7, 11) is 0. The van der Waals surface area contributed by atoms with Gasteiger partial charge < -0.3 is 14.8 Å². The molecule has 0 aromatic heterocycles. The van der Waals surface area contributed by atoms with Crippen LogP contribution in [0.3, 0.4) is 0 Å². The maximum atomic E-state index is 12.3. The van der Waals surface area contributed by atoms with Gasteiger partial charge in [-0.15, -0.1) is 0 Å². The number of hydrogen-bond donors (Lipinski definition) is 1. The summed E-state index contributed by atoms with van der Waals surface area (Å²) in [5.41, 5.74) is 1.63.